The molecule has 0 fully saturated rings. The minimum atomic E-state index is -3.58. The molecule has 1 aromatic rings. The first-order valence-electron chi connectivity index (χ1n) is 3.95. The van der Waals surface area contributed by atoms with Gasteiger partial charge < -0.3 is 5.73 Å². The lowest BCUT2D eigenvalue weighted by atomic mass is 10.4. The van der Waals surface area contributed by atoms with E-state index in [-0.39, 0.29) is 16.4 Å². The molecule has 0 atom stereocenters. The summed E-state index contributed by atoms with van der Waals surface area (Å²) in [5, 5.41) is 0.355. The fraction of sp³-hybridized carbons (Fsp3) is 0.125. The van der Waals surface area contributed by atoms with Gasteiger partial charge in [-0.3, -0.25) is 0 Å². The monoisotopic (exact) mass is 264 g/mol. The maximum atomic E-state index is 11.6. The summed E-state index contributed by atoms with van der Waals surface area (Å²) in [7, 11) is -3.58. The van der Waals surface area contributed by atoms with Gasteiger partial charge in [-0.1, -0.05) is 29.9 Å². The summed E-state index contributed by atoms with van der Waals surface area (Å²) < 4.78 is 25.5. The molecule has 0 radical (unpaired) electrons. The number of hydrogen-bond acceptors (Lipinski definition) is 3. The van der Waals surface area contributed by atoms with Crippen molar-refractivity contribution < 1.29 is 8.42 Å². The van der Waals surface area contributed by atoms with Crippen molar-refractivity contribution >= 4 is 38.8 Å². The molecular weight excluding hydrogens is 256 g/mol. The van der Waals surface area contributed by atoms with Gasteiger partial charge in [0.1, 0.15) is 0 Å². The second-order valence-corrected chi connectivity index (χ2v) is 5.48. The van der Waals surface area contributed by atoms with E-state index >= 15 is 0 Å². The normalized spacial score (nSPS) is 11.3. The number of halogens is 1. The number of rotatable bonds is 4. The Morgan fingerprint density at radius 1 is 1.53 bits per heavy atom. The van der Waals surface area contributed by atoms with Crippen LogP contribution in [-0.4, -0.2) is 20.0 Å². The van der Waals surface area contributed by atoms with Crippen molar-refractivity contribution in [1.82, 2.24) is 4.72 Å². The van der Waals surface area contributed by atoms with Crippen LogP contribution < -0.4 is 10.5 Å². The van der Waals surface area contributed by atoms with Crippen LogP contribution in [0, 0.1) is 0 Å². The molecule has 15 heavy (non-hydrogen) atoms. The third-order valence-electron chi connectivity index (χ3n) is 1.54. The van der Waals surface area contributed by atoms with Crippen molar-refractivity contribution in [3.63, 3.8) is 0 Å². The van der Waals surface area contributed by atoms with Crippen molar-refractivity contribution in [1.29, 1.82) is 0 Å². The molecule has 4 nitrogen and oxygen atoms in total. The quantitative estimate of drug-likeness (QED) is 0.793. The van der Waals surface area contributed by atoms with Crippen molar-refractivity contribution in [3.8, 4) is 0 Å². The lowest BCUT2D eigenvalue weighted by molar-refractivity contribution is 0.586. The fourth-order valence-electron chi connectivity index (χ4n) is 0.884. The molecule has 1 aromatic carbocycles. The van der Waals surface area contributed by atoms with E-state index in [1.165, 1.54) is 12.1 Å². The highest BCUT2D eigenvalue weighted by atomic mass is 35.5. The van der Waals surface area contributed by atoms with Gasteiger partial charge >= 0.3 is 0 Å². The Hall–Kier alpha value is -0.690. The van der Waals surface area contributed by atoms with Crippen LogP contribution in [-0.2, 0) is 10.0 Å². The average Bonchev–Trinajstić information content (AvgIpc) is 2.15. The first kappa shape index (κ1) is 12.4. The number of sulfonamides is 1. The zero-order chi connectivity index (χ0) is 11.5. The average molecular weight is 265 g/mol. The number of hydrogen-bond donors (Lipinski definition) is 2. The summed E-state index contributed by atoms with van der Waals surface area (Å²) in [6.07, 6.45) is 0. The van der Waals surface area contributed by atoms with Crippen LogP contribution in [0.2, 0.25) is 5.02 Å². The highest BCUT2D eigenvalue weighted by Gasteiger charge is 2.13. The van der Waals surface area contributed by atoms with Gasteiger partial charge in [-0.25, -0.2) is 13.1 Å². The van der Waals surface area contributed by atoms with Gasteiger partial charge in [-0.05, 0) is 18.2 Å². The molecule has 0 unspecified atom stereocenters. The second kappa shape index (κ2) is 4.89. The van der Waals surface area contributed by atoms with Crippen LogP contribution in [0.5, 0.6) is 0 Å². The fourth-order valence-corrected chi connectivity index (χ4v) is 2.35. The van der Waals surface area contributed by atoms with E-state index in [1.807, 2.05) is 0 Å². The molecule has 0 aliphatic carbocycles. The van der Waals surface area contributed by atoms with E-state index in [0.717, 1.165) is 0 Å². The molecule has 82 valence electrons. The number of nitrogens with one attached hydrogen (secondary N) is 1. The summed E-state index contributed by atoms with van der Waals surface area (Å²) in [4.78, 5) is 0.173. The van der Waals surface area contributed by atoms with Crippen LogP contribution in [0.4, 0.5) is 0 Å². The molecule has 0 saturated carbocycles. The minimum Gasteiger partial charge on any atom is -0.392 e. The summed E-state index contributed by atoms with van der Waals surface area (Å²) in [6, 6.07) is 5.93. The van der Waals surface area contributed by atoms with E-state index in [2.05, 4.69) is 16.9 Å². The zero-order valence-corrected chi connectivity index (χ0v) is 9.99. The molecule has 0 spiro atoms. The second-order valence-electron chi connectivity index (χ2n) is 2.75. The molecule has 3 N–H and O–H groups in total. The van der Waals surface area contributed by atoms with Crippen molar-refractivity contribution in [2.75, 3.05) is 6.54 Å². The number of nitrogens with two attached hydrogens (primary N) is 1. The third kappa shape index (κ3) is 3.75. The molecule has 0 aliphatic rings. The summed E-state index contributed by atoms with van der Waals surface area (Å²) in [5.74, 6) is 0. The lowest BCUT2D eigenvalue weighted by Gasteiger charge is -2.05. The van der Waals surface area contributed by atoms with Crippen LogP contribution in [0.1, 0.15) is 0 Å². The predicted molar refractivity (Wildman–Crippen MR) is 63.4 cm³/mol. The minimum absolute atomic E-state index is 0.0653. The number of benzene rings is 1. The first-order chi connectivity index (χ1) is 6.92. The van der Waals surface area contributed by atoms with Crippen LogP contribution in [0.3, 0.4) is 0 Å². The standard InChI is InChI=1S/C8H9ClN2O2S2/c9-6-2-1-3-7(4-6)15(12,13)11-5-8(10)14/h1-4,11H,5H2,(H2,10,14). The van der Waals surface area contributed by atoms with Gasteiger partial charge in [-0.15, -0.1) is 0 Å². The molecule has 0 amide bonds. The summed E-state index contributed by atoms with van der Waals surface area (Å²) in [6.45, 7) is -0.0653. The molecule has 0 heterocycles. The van der Waals surface area contributed by atoms with Gasteiger partial charge in [0.05, 0.1) is 16.4 Å². The van der Waals surface area contributed by atoms with E-state index in [9.17, 15) is 8.42 Å². The Labute approximate surface area is 98.5 Å². The lowest BCUT2D eigenvalue weighted by Crippen LogP contribution is -2.32. The van der Waals surface area contributed by atoms with Crippen molar-refractivity contribution in [2.45, 2.75) is 4.90 Å². The molecule has 1 rings (SSSR count). The summed E-state index contributed by atoms with van der Waals surface area (Å²) >= 11 is 10.2. The molecular formula is C8H9ClN2O2S2. The van der Waals surface area contributed by atoms with Crippen LogP contribution in [0.15, 0.2) is 29.2 Å². The molecule has 0 aromatic heterocycles. The van der Waals surface area contributed by atoms with E-state index in [1.54, 1.807) is 12.1 Å². The Morgan fingerprint density at radius 2 is 2.20 bits per heavy atom. The van der Waals surface area contributed by atoms with Crippen molar-refractivity contribution in [3.05, 3.63) is 29.3 Å². The molecule has 7 heteroatoms. The number of thiocarbonyl (C=S) groups is 1. The topological polar surface area (TPSA) is 72.2 Å². The largest absolute Gasteiger partial charge is 0.392 e. The maximum Gasteiger partial charge on any atom is 0.241 e. The Bertz CT molecular complexity index is 473. The SMILES string of the molecule is NC(=S)CNS(=O)(=O)c1cccc(Cl)c1. The summed E-state index contributed by atoms with van der Waals surface area (Å²) in [5.41, 5.74) is 5.19. The van der Waals surface area contributed by atoms with Gasteiger partial charge in [0.15, 0.2) is 0 Å². The van der Waals surface area contributed by atoms with E-state index in [4.69, 9.17) is 17.3 Å². The Morgan fingerprint density at radius 3 is 2.73 bits per heavy atom. The predicted octanol–water partition coefficient (Wildman–Crippen LogP) is 0.904. The molecule has 0 aliphatic heterocycles. The molecule has 0 bridgehead atoms. The van der Waals surface area contributed by atoms with Gasteiger partial charge in [0, 0.05) is 5.02 Å². The maximum absolute atomic E-state index is 11.6. The highest BCUT2D eigenvalue weighted by molar-refractivity contribution is 7.89. The van der Waals surface area contributed by atoms with Gasteiger partial charge in [-0.2, -0.15) is 0 Å². The van der Waals surface area contributed by atoms with E-state index < -0.39 is 10.0 Å². The Kier molecular flexibility index (Phi) is 4.04. The van der Waals surface area contributed by atoms with Crippen LogP contribution >= 0.6 is 23.8 Å². The smallest absolute Gasteiger partial charge is 0.241 e. The zero-order valence-electron chi connectivity index (χ0n) is 7.60. The van der Waals surface area contributed by atoms with Gasteiger partial charge in [0.25, 0.3) is 0 Å². The molecule has 0 saturated heterocycles. The Balaban J connectivity index is 2.91. The van der Waals surface area contributed by atoms with Gasteiger partial charge in [0.2, 0.25) is 10.0 Å². The highest BCUT2D eigenvalue weighted by Crippen LogP contribution is 2.14. The van der Waals surface area contributed by atoms with E-state index in [0.29, 0.717) is 5.02 Å². The third-order valence-corrected chi connectivity index (χ3v) is 3.32. The van der Waals surface area contributed by atoms with Crippen LogP contribution in [0.25, 0.3) is 0 Å². The first-order valence-corrected chi connectivity index (χ1v) is 6.22. The van der Waals surface area contributed by atoms with Crippen molar-refractivity contribution in [2.24, 2.45) is 5.73 Å².